The quantitative estimate of drug-likeness (QED) is 0.699. The van der Waals surface area contributed by atoms with Crippen molar-refractivity contribution in [1.29, 1.82) is 0 Å². The zero-order valence-corrected chi connectivity index (χ0v) is 8.61. The number of benzene rings is 1. The van der Waals surface area contributed by atoms with Crippen LogP contribution in [0, 0.1) is 11.6 Å². The van der Waals surface area contributed by atoms with E-state index in [9.17, 15) is 8.78 Å². The highest BCUT2D eigenvalue weighted by Crippen LogP contribution is 2.21. The molecular formula is C12H7F2N3. The van der Waals surface area contributed by atoms with Crippen LogP contribution in [0.3, 0.4) is 0 Å². The van der Waals surface area contributed by atoms with Gasteiger partial charge in [0.15, 0.2) is 0 Å². The van der Waals surface area contributed by atoms with Gasteiger partial charge in [-0.2, -0.15) is 0 Å². The van der Waals surface area contributed by atoms with Crippen molar-refractivity contribution in [3.63, 3.8) is 0 Å². The lowest BCUT2D eigenvalue weighted by Gasteiger charge is -1.97. The number of hydrogen-bond acceptors (Lipinski definition) is 2. The molecule has 0 unspecified atom stereocenters. The highest BCUT2D eigenvalue weighted by molar-refractivity contribution is 5.78. The molecule has 0 spiro atoms. The van der Waals surface area contributed by atoms with Gasteiger partial charge in [0.05, 0.1) is 17.2 Å². The highest BCUT2D eigenvalue weighted by Gasteiger charge is 2.07. The summed E-state index contributed by atoms with van der Waals surface area (Å²) >= 11 is 0. The molecule has 0 fully saturated rings. The van der Waals surface area contributed by atoms with Crippen LogP contribution >= 0.6 is 0 Å². The number of hydrogen-bond donors (Lipinski definition) is 1. The number of pyridine rings is 1. The molecule has 0 radical (unpaired) electrons. The summed E-state index contributed by atoms with van der Waals surface area (Å²) in [5.41, 5.74) is 1.81. The Kier molecular flexibility index (Phi) is 2.11. The number of nitrogens with zero attached hydrogens (tertiary/aromatic N) is 2. The maximum atomic E-state index is 13.1. The van der Waals surface area contributed by atoms with Gasteiger partial charge in [0.1, 0.15) is 17.5 Å². The molecule has 0 amide bonds. The summed E-state index contributed by atoms with van der Waals surface area (Å²) in [6.07, 6.45) is 3.22. The first kappa shape index (κ1) is 9.89. The molecule has 0 saturated carbocycles. The minimum Gasteiger partial charge on any atom is -0.337 e. The van der Waals surface area contributed by atoms with Crippen molar-refractivity contribution in [2.45, 2.75) is 0 Å². The van der Waals surface area contributed by atoms with E-state index in [1.165, 1.54) is 12.1 Å². The number of imidazole rings is 1. The molecule has 84 valence electrons. The molecule has 0 aliphatic carbocycles. The van der Waals surface area contributed by atoms with E-state index in [0.717, 1.165) is 11.6 Å². The Hall–Kier alpha value is -2.30. The Morgan fingerprint density at radius 2 is 1.82 bits per heavy atom. The van der Waals surface area contributed by atoms with E-state index < -0.39 is 11.6 Å². The minimum absolute atomic E-state index is 0.374. The zero-order chi connectivity index (χ0) is 11.8. The van der Waals surface area contributed by atoms with Crippen LogP contribution in [0.1, 0.15) is 0 Å². The van der Waals surface area contributed by atoms with Crippen LogP contribution in [0.15, 0.2) is 36.7 Å². The van der Waals surface area contributed by atoms with Crippen molar-refractivity contribution in [2.24, 2.45) is 0 Å². The number of halogens is 2. The Bertz CT molecular complexity index is 638. The minimum atomic E-state index is -0.626. The third-order valence-corrected chi connectivity index (χ3v) is 2.42. The van der Waals surface area contributed by atoms with Crippen LogP contribution in [0.2, 0.25) is 0 Å². The third kappa shape index (κ3) is 1.75. The van der Waals surface area contributed by atoms with Crippen LogP contribution in [0.25, 0.3) is 22.4 Å². The second-order valence-electron chi connectivity index (χ2n) is 3.64. The summed E-state index contributed by atoms with van der Waals surface area (Å²) < 4.78 is 26.2. The number of H-pyrrole nitrogens is 1. The summed E-state index contributed by atoms with van der Waals surface area (Å²) in [6, 6.07) is 5.02. The van der Waals surface area contributed by atoms with Gasteiger partial charge in [0.25, 0.3) is 0 Å². The fourth-order valence-corrected chi connectivity index (χ4v) is 1.68. The smallest absolute Gasteiger partial charge is 0.138 e. The van der Waals surface area contributed by atoms with Gasteiger partial charge in [-0.1, -0.05) is 0 Å². The molecule has 0 aliphatic heterocycles. The van der Waals surface area contributed by atoms with Gasteiger partial charge in [-0.25, -0.2) is 13.8 Å². The lowest BCUT2D eigenvalue weighted by Crippen LogP contribution is -1.85. The molecule has 2 heterocycles. The fourth-order valence-electron chi connectivity index (χ4n) is 1.68. The van der Waals surface area contributed by atoms with E-state index in [0.29, 0.717) is 16.9 Å². The topological polar surface area (TPSA) is 41.6 Å². The van der Waals surface area contributed by atoms with E-state index >= 15 is 0 Å². The normalized spacial score (nSPS) is 10.9. The summed E-state index contributed by atoms with van der Waals surface area (Å²) in [7, 11) is 0. The average Bonchev–Trinajstić information content (AvgIpc) is 2.71. The molecule has 3 rings (SSSR count). The summed E-state index contributed by atoms with van der Waals surface area (Å²) in [4.78, 5) is 11.1. The molecule has 0 bridgehead atoms. The predicted molar refractivity (Wildman–Crippen MR) is 59.2 cm³/mol. The molecule has 5 heteroatoms. The second-order valence-corrected chi connectivity index (χ2v) is 3.64. The SMILES string of the molecule is Fc1cc(F)cc(-c2nc3ccncc3[nH]2)c1. The standard InChI is InChI=1S/C12H7F2N3/c13-8-3-7(4-9(14)5-8)12-16-10-1-2-15-6-11(10)17-12/h1-6H,(H,16,17). The van der Waals surface area contributed by atoms with E-state index in [-0.39, 0.29) is 0 Å². The molecule has 2 aromatic heterocycles. The molecule has 3 aromatic rings. The Morgan fingerprint density at radius 1 is 1.06 bits per heavy atom. The first-order valence-corrected chi connectivity index (χ1v) is 4.98. The molecule has 17 heavy (non-hydrogen) atoms. The number of nitrogens with one attached hydrogen (secondary N) is 1. The van der Waals surface area contributed by atoms with Crippen molar-refractivity contribution in [1.82, 2.24) is 15.0 Å². The molecule has 0 atom stereocenters. The fraction of sp³-hybridized carbons (Fsp3) is 0. The summed E-state index contributed by atoms with van der Waals surface area (Å²) in [6.45, 7) is 0. The first-order chi connectivity index (χ1) is 8.22. The molecule has 0 saturated heterocycles. The van der Waals surface area contributed by atoms with Gasteiger partial charge in [-0.3, -0.25) is 4.98 Å². The summed E-state index contributed by atoms with van der Waals surface area (Å²) in [5.74, 6) is -0.830. The lowest BCUT2D eigenvalue weighted by atomic mass is 10.2. The second kappa shape index (κ2) is 3.62. The van der Waals surface area contributed by atoms with Gasteiger partial charge < -0.3 is 4.98 Å². The zero-order valence-electron chi connectivity index (χ0n) is 8.61. The van der Waals surface area contributed by atoms with Crippen molar-refractivity contribution in [3.8, 4) is 11.4 Å². The van der Waals surface area contributed by atoms with Crippen LogP contribution in [0.5, 0.6) is 0 Å². The van der Waals surface area contributed by atoms with E-state index in [4.69, 9.17) is 0 Å². The maximum absolute atomic E-state index is 13.1. The molecular weight excluding hydrogens is 224 g/mol. The lowest BCUT2D eigenvalue weighted by molar-refractivity contribution is 0.584. The van der Waals surface area contributed by atoms with E-state index in [1.807, 2.05) is 0 Å². The molecule has 1 N–H and O–H groups in total. The molecule has 1 aromatic carbocycles. The summed E-state index contributed by atoms with van der Waals surface area (Å²) in [5, 5.41) is 0. The van der Waals surface area contributed by atoms with Gasteiger partial charge >= 0.3 is 0 Å². The number of aromatic nitrogens is 3. The van der Waals surface area contributed by atoms with Gasteiger partial charge in [-0.15, -0.1) is 0 Å². The molecule has 3 nitrogen and oxygen atoms in total. The molecule has 0 aliphatic rings. The van der Waals surface area contributed by atoms with Crippen molar-refractivity contribution in [2.75, 3.05) is 0 Å². The largest absolute Gasteiger partial charge is 0.337 e. The first-order valence-electron chi connectivity index (χ1n) is 4.98. The van der Waals surface area contributed by atoms with Crippen LogP contribution in [-0.4, -0.2) is 15.0 Å². The van der Waals surface area contributed by atoms with Gasteiger partial charge in [-0.05, 0) is 18.2 Å². The van der Waals surface area contributed by atoms with Crippen molar-refractivity contribution in [3.05, 3.63) is 48.3 Å². The number of aromatic amines is 1. The van der Waals surface area contributed by atoms with Crippen LogP contribution in [0.4, 0.5) is 8.78 Å². The van der Waals surface area contributed by atoms with E-state index in [2.05, 4.69) is 15.0 Å². The van der Waals surface area contributed by atoms with Crippen molar-refractivity contribution >= 4 is 11.0 Å². The Morgan fingerprint density at radius 3 is 2.53 bits per heavy atom. The maximum Gasteiger partial charge on any atom is 0.138 e. The average molecular weight is 231 g/mol. The Labute approximate surface area is 95.1 Å². The highest BCUT2D eigenvalue weighted by atomic mass is 19.1. The monoisotopic (exact) mass is 231 g/mol. The Balaban J connectivity index is 2.20. The predicted octanol–water partition coefficient (Wildman–Crippen LogP) is 2.90. The van der Waals surface area contributed by atoms with Crippen LogP contribution in [-0.2, 0) is 0 Å². The van der Waals surface area contributed by atoms with Gasteiger partial charge in [0.2, 0.25) is 0 Å². The van der Waals surface area contributed by atoms with E-state index in [1.54, 1.807) is 18.5 Å². The number of rotatable bonds is 1. The number of fused-ring (bicyclic) bond motifs is 1. The van der Waals surface area contributed by atoms with Crippen LogP contribution < -0.4 is 0 Å². The van der Waals surface area contributed by atoms with Gasteiger partial charge in [0, 0.05) is 17.8 Å². The van der Waals surface area contributed by atoms with Crippen molar-refractivity contribution < 1.29 is 8.78 Å². The third-order valence-electron chi connectivity index (χ3n) is 2.42.